The SMILES string of the molecule is CCCCC(=O)N(Cc1ccccc1F)C1C=C(C(=O)NCCO)C2c3cc(CO)cc(OC)c3OC2C1O. The van der Waals surface area contributed by atoms with Gasteiger partial charge in [-0.15, -0.1) is 0 Å². The standard InChI is InChI=1S/C29H35FN2O7/c1-3-4-9-24(35)32(15-18-7-5-6-8-21(18)30)22-14-20(29(37)31-10-11-33)25-19-12-17(16-34)13-23(38-2)27(19)39-28(25)26(22)36/h5-8,12-14,22,25-26,28,33-34,36H,3-4,9-11,15-16H2,1-2H3,(H,31,37). The van der Waals surface area contributed by atoms with Gasteiger partial charge in [-0.2, -0.15) is 0 Å². The van der Waals surface area contributed by atoms with Crippen LogP contribution in [0.25, 0.3) is 0 Å². The minimum atomic E-state index is -1.27. The van der Waals surface area contributed by atoms with Gasteiger partial charge in [0.05, 0.1) is 32.3 Å². The molecule has 2 aliphatic rings. The summed E-state index contributed by atoms with van der Waals surface area (Å²) >= 11 is 0. The maximum absolute atomic E-state index is 14.7. The van der Waals surface area contributed by atoms with Gasteiger partial charge in [-0.25, -0.2) is 4.39 Å². The summed E-state index contributed by atoms with van der Waals surface area (Å²) in [7, 11) is 1.45. The van der Waals surface area contributed by atoms with Crippen LogP contribution in [0.5, 0.6) is 11.5 Å². The first kappa shape index (κ1) is 28.5. The molecule has 39 heavy (non-hydrogen) atoms. The highest BCUT2D eigenvalue weighted by Gasteiger charge is 2.51. The molecule has 2 amide bonds. The number of carbonyl (C=O) groups excluding carboxylic acids is 2. The van der Waals surface area contributed by atoms with Crippen molar-refractivity contribution in [3.05, 3.63) is 70.6 Å². The molecule has 1 aliphatic heterocycles. The van der Waals surface area contributed by atoms with E-state index >= 15 is 0 Å². The minimum absolute atomic E-state index is 0.00284. The van der Waals surface area contributed by atoms with Crippen molar-refractivity contribution in [3.8, 4) is 11.5 Å². The van der Waals surface area contributed by atoms with Crippen LogP contribution in [0.1, 0.15) is 48.8 Å². The van der Waals surface area contributed by atoms with E-state index in [1.165, 1.54) is 18.1 Å². The molecule has 0 saturated heterocycles. The zero-order valence-corrected chi connectivity index (χ0v) is 22.1. The van der Waals surface area contributed by atoms with Crippen molar-refractivity contribution >= 4 is 11.8 Å². The Kier molecular flexibility index (Phi) is 9.21. The van der Waals surface area contributed by atoms with Crippen LogP contribution < -0.4 is 14.8 Å². The van der Waals surface area contributed by atoms with Gasteiger partial charge in [0.25, 0.3) is 0 Å². The van der Waals surface area contributed by atoms with E-state index in [1.807, 2.05) is 6.92 Å². The number of unbranched alkanes of at least 4 members (excludes halogenated alkanes) is 1. The number of ether oxygens (including phenoxy) is 2. The summed E-state index contributed by atoms with van der Waals surface area (Å²) in [5.74, 6) is -1.32. The number of fused-ring (bicyclic) bond motifs is 3. The summed E-state index contributed by atoms with van der Waals surface area (Å²) in [5, 5.41) is 33.4. The molecule has 0 spiro atoms. The van der Waals surface area contributed by atoms with E-state index in [1.54, 1.807) is 36.4 Å². The Morgan fingerprint density at radius 3 is 2.64 bits per heavy atom. The number of benzene rings is 2. The Morgan fingerprint density at radius 2 is 1.97 bits per heavy atom. The molecule has 4 atom stereocenters. The monoisotopic (exact) mass is 542 g/mol. The maximum atomic E-state index is 14.7. The van der Waals surface area contributed by atoms with Gasteiger partial charge < -0.3 is 35.0 Å². The van der Waals surface area contributed by atoms with Gasteiger partial charge in [0.1, 0.15) is 18.0 Å². The van der Waals surface area contributed by atoms with Crippen LogP contribution in [0.4, 0.5) is 4.39 Å². The van der Waals surface area contributed by atoms with Gasteiger partial charge in [-0.3, -0.25) is 9.59 Å². The fraction of sp³-hybridized carbons (Fsp3) is 0.448. The summed E-state index contributed by atoms with van der Waals surface area (Å²) in [6.45, 7) is 1.30. The van der Waals surface area contributed by atoms with E-state index in [0.717, 1.165) is 6.42 Å². The van der Waals surface area contributed by atoms with Crippen LogP contribution in [-0.4, -0.2) is 70.5 Å². The second-order valence-corrected chi connectivity index (χ2v) is 9.73. The Bertz CT molecular complexity index is 1230. The quantitative estimate of drug-likeness (QED) is 0.343. The summed E-state index contributed by atoms with van der Waals surface area (Å²) in [6.07, 6.45) is 0.883. The van der Waals surface area contributed by atoms with Crippen LogP contribution >= 0.6 is 0 Å². The number of methoxy groups -OCH3 is 1. The van der Waals surface area contributed by atoms with E-state index in [-0.39, 0.29) is 49.8 Å². The Labute approximate surface area is 226 Å². The molecule has 1 aliphatic carbocycles. The number of nitrogens with one attached hydrogen (secondary N) is 1. The Hall–Kier alpha value is -3.47. The van der Waals surface area contributed by atoms with Gasteiger partial charge in [-0.1, -0.05) is 31.5 Å². The van der Waals surface area contributed by atoms with Gasteiger partial charge >= 0.3 is 0 Å². The average molecular weight is 543 g/mol. The smallest absolute Gasteiger partial charge is 0.247 e. The van der Waals surface area contributed by atoms with Crippen molar-refractivity contribution in [1.82, 2.24) is 10.2 Å². The fourth-order valence-corrected chi connectivity index (χ4v) is 5.26. The molecule has 0 saturated carbocycles. The third-order valence-corrected chi connectivity index (χ3v) is 7.22. The number of nitrogens with zero attached hydrogens (tertiary/aromatic N) is 1. The fourth-order valence-electron chi connectivity index (χ4n) is 5.26. The highest BCUT2D eigenvalue weighted by Crippen LogP contribution is 2.51. The van der Waals surface area contributed by atoms with E-state index in [4.69, 9.17) is 9.47 Å². The summed E-state index contributed by atoms with van der Waals surface area (Å²) < 4.78 is 26.3. The molecule has 4 rings (SSSR count). The van der Waals surface area contributed by atoms with Crippen molar-refractivity contribution in [2.24, 2.45) is 0 Å². The van der Waals surface area contributed by atoms with Crippen molar-refractivity contribution < 1.29 is 38.8 Å². The van der Waals surface area contributed by atoms with Crippen molar-refractivity contribution in [3.63, 3.8) is 0 Å². The molecule has 2 aromatic rings. The molecule has 0 fully saturated rings. The van der Waals surface area contributed by atoms with Crippen molar-refractivity contribution in [2.45, 2.75) is 63.5 Å². The van der Waals surface area contributed by atoms with Crippen LogP contribution in [0, 0.1) is 5.82 Å². The number of amides is 2. The second kappa shape index (κ2) is 12.6. The minimum Gasteiger partial charge on any atom is -0.493 e. The molecule has 0 aromatic heterocycles. The number of hydrogen-bond acceptors (Lipinski definition) is 7. The highest BCUT2D eigenvalue weighted by molar-refractivity contribution is 5.96. The van der Waals surface area contributed by atoms with E-state index < -0.39 is 35.9 Å². The molecule has 10 heteroatoms. The lowest BCUT2D eigenvalue weighted by Crippen LogP contribution is -2.55. The molecule has 0 radical (unpaired) electrons. The molecule has 4 N–H and O–H groups in total. The number of rotatable bonds is 11. The van der Waals surface area contributed by atoms with E-state index in [2.05, 4.69) is 5.32 Å². The van der Waals surface area contributed by atoms with Crippen molar-refractivity contribution in [2.75, 3.05) is 20.3 Å². The number of aliphatic hydroxyl groups excluding tert-OH is 3. The van der Waals surface area contributed by atoms with Gasteiger partial charge in [-0.05, 0) is 36.3 Å². The Morgan fingerprint density at radius 1 is 1.21 bits per heavy atom. The predicted octanol–water partition coefficient (Wildman–Crippen LogP) is 2.17. The number of halogens is 1. The molecule has 4 unspecified atom stereocenters. The summed E-state index contributed by atoms with van der Waals surface area (Å²) in [5.41, 5.74) is 1.62. The molecule has 2 aromatic carbocycles. The lowest BCUT2D eigenvalue weighted by molar-refractivity contribution is -0.138. The van der Waals surface area contributed by atoms with E-state index in [9.17, 15) is 29.3 Å². The third-order valence-electron chi connectivity index (χ3n) is 7.22. The van der Waals surface area contributed by atoms with Crippen LogP contribution in [0.2, 0.25) is 0 Å². The number of carbonyl (C=O) groups is 2. The zero-order valence-electron chi connectivity index (χ0n) is 22.1. The number of aliphatic hydroxyl groups is 3. The molecule has 9 nitrogen and oxygen atoms in total. The first-order chi connectivity index (χ1) is 18.8. The van der Waals surface area contributed by atoms with Gasteiger partial charge in [0, 0.05) is 36.2 Å². The largest absolute Gasteiger partial charge is 0.493 e. The summed E-state index contributed by atoms with van der Waals surface area (Å²) in [4.78, 5) is 28.2. The van der Waals surface area contributed by atoms with Gasteiger partial charge in [0.15, 0.2) is 11.5 Å². The first-order valence-corrected chi connectivity index (χ1v) is 13.1. The van der Waals surface area contributed by atoms with Crippen LogP contribution in [0.3, 0.4) is 0 Å². The van der Waals surface area contributed by atoms with Gasteiger partial charge in [0.2, 0.25) is 11.8 Å². The van der Waals surface area contributed by atoms with Crippen LogP contribution in [0.15, 0.2) is 48.0 Å². The molecule has 210 valence electrons. The number of hydrogen-bond donors (Lipinski definition) is 4. The third kappa shape index (κ3) is 5.78. The molecule has 0 bridgehead atoms. The average Bonchev–Trinajstić information content (AvgIpc) is 3.34. The molecular weight excluding hydrogens is 507 g/mol. The first-order valence-electron chi connectivity index (χ1n) is 13.1. The summed E-state index contributed by atoms with van der Waals surface area (Å²) in [6, 6.07) is 8.44. The van der Waals surface area contributed by atoms with Crippen molar-refractivity contribution in [1.29, 1.82) is 0 Å². The zero-order chi connectivity index (χ0) is 28.1. The second-order valence-electron chi connectivity index (χ2n) is 9.73. The lowest BCUT2D eigenvalue weighted by atomic mass is 9.77. The van der Waals surface area contributed by atoms with E-state index in [0.29, 0.717) is 29.0 Å². The molecule has 1 heterocycles. The highest BCUT2D eigenvalue weighted by atomic mass is 19.1. The predicted molar refractivity (Wildman–Crippen MR) is 141 cm³/mol. The molecular formula is C29H35FN2O7. The Balaban J connectivity index is 1.82. The normalized spacial score (nSPS) is 21.3. The maximum Gasteiger partial charge on any atom is 0.247 e. The topological polar surface area (TPSA) is 129 Å². The van der Waals surface area contributed by atoms with Crippen LogP contribution in [-0.2, 0) is 22.7 Å². The lowest BCUT2D eigenvalue weighted by Gasteiger charge is -2.41.